The van der Waals surface area contributed by atoms with Gasteiger partial charge in [-0.25, -0.2) is 4.39 Å². The summed E-state index contributed by atoms with van der Waals surface area (Å²) >= 11 is 0. The third-order valence-corrected chi connectivity index (χ3v) is 2.90. The molecule has 0 fully saturated rings. The van der Waals surface area contributed by atoms with Crippen LogP contribution in [-0.2, 0) is 11.3 Å². The maximum atomic E-state index is 13.3. The van der Waals surface area contributed by atoms with Gasteiger partial charge in [-0.2, -0.15) is 0 Å². The van der Waals surface area contributed by atoms with E-state index in [4.69, 9.17) is 15.2 Å². The first-order valence-corrected chi connectivity index (χ1v) is 6.41. The van der Waals surface area contributed by atoms with E-state index in [1.807, 2.05) is 24.3 Å². The molecule has 0 heterocycles. The van der Waals surface area contributed by atoms with Crippen LogP contribution in [0.3, 0.4) is 0 Å². The predicted octanol–water partition coefficient (Wildman–Crippen LogP) is 3.78. The summed E-state index contributed by atoms with van der Waals surface area (Å²) in [6.45, 7) is 2.31. The summed E-state index contributed by atoms with van der Waals surface area (Å²) in [4.78, 5) is 0. The minimum atomic E-state index is -0.321. The van der Waals surface area contributed by atoms with Gasteiger partial charge in [0.05, 0.1) is 6.61 Å². The second-order valence-corrected chi connectivity index (χ2v) is 4.65. The van der Waals surface area contributed by atoms with E-state index in [9.17, 15) is 4.39 Å². The van der Waals surface area contributed by atoms with Gasteiger partial charge in [-0.15, -0.1) is 0 Å². The molecule has 2 aromatic rings. The van der Waals surface area contributed by atoms with E-state index >= 15 is 0 Å². The van der Waals surface area contributed by atoms with Gasteiger partial charge in [0.15, 0.2) is 0 Å². The highest BCUT2D eigenvalue weighted by Crippen LogP contribution is 2.29. The van der Waals surface area contributed by atoms with Gasteiger partial charge in [-0.1, -0.05) is 12.1 Å². The lowest BCUT2D eigenvalue weighted by Crippen LogP contribution is -2.07. The van der Waals surface area contributed by atoms with Crippen LogP contribution in [0.4, 0.5) is 4.39 Å². The van der Waals surface area contributed by atoms with Crippen molar-refractivity contribution in [3.8, 4) is 11.5 Å². The number of benzene rings is 2. The Morgan fingerprint density at radius 1 is 1.20 bits per heavy atom. The zero-order valence-corrected chi connectivity index (χ0v) is 11.6. The zero-order chi connectivity index (χ0) is 14.5. The molecule has 2 N–H and O–H groups in total. The molecule has 3 nitrogen and oxygen atoms in total. The molecule has 0 saturated carbocycles. The molecule has 106 valence electrons. The highest BCUT2D eigenvalue weighted by molar-refractivity contribution is 5.40. The maximum Gasteiger partial charge on any atom is 0.132 e. The standard InChI is InChI=1S/C16H18FNO2/c1-11(18)15-9-13(17)6-7-16(15)20-14-5-3-4-12(8-14)10-19-2/h3-9,11H,10,18H2,1-2H3/t11-/m0/s1. The van der Waals surface area contributed by atoms with Crippen molar-refractivity contribution >= 4 is 0 Å². The second-order valence-electron chi connectivity index (χ2n) is 4.65. The van der Waals surface area contributed by atoms with Gasteiger partial charge in [0.25, 0.3) is 0 Å². The van der Waals surface area contributed by atoms with Gasteiger partial charge >= 0.3 is 0 Å². The molecule has 0 amide bonds. The summed E-state index contributed by atoms with van der Waals surface area (Å²) in [5.74, 6) is 0.918. The number of hydrogen-bond donors (Lipinski definition) is 1. The summed E-state index contributed by atoms with van der Waals surface area (Å²) in [5, 5.41) is 0. The van der Waals surface area contributed by atoms with Gasteiger partial charge < -0.3 is 15.2 Å². The first kappa shape index (κ1) is 14.5. The number of rotatable bonds is 5. The van der Waals surface area contributed by atoms with Gasteiger partial charge in [0, 0.05) is 18.7 Å². The van der Waals surface area contributed by atoms with Crippen LogP contribution in [-0.4, -0.2) is 7.11 Å². The predicted molar refractivity (Wildman–Crippen MR) is 76.2 cm³/mol. The van der Waals surface area contributed by atoms with Gasteiger partial charge in [-0.3, -0.25) is 0 Å². The lowest BCUT2D eigenvalue weighted by atomic mass is 10.1. The van der Waals surface area contributed by atoms with Crippen LogP contribution in [0.15, 0.2) is 42.5 Å². The minimum Gasteiger partial charge on any atom is -0.457 e. The molecule has 2 aromatic carbocycles. The Morgan fingerprint density at radius 2 is 2.00 bits per heavy atom. The third kappa shape index (κ3) is 3.56. The van der Waals surface area contributed by atoms with Gasteiger partial charge in [-0.05, 0) is 42.8 Å². The van der Waals surface area contributed by atoms with E-state index < -0.39 is 0 Å². The molecular weight excluding hydrogens is 257 g/mol. The lowest BCUT2D eigenvalue weighted by molar-refractivity contribution is 0.184. The van der Waals surface area contributed by atoms with Crippen molar-refractivity contribution in [2.45, 2.75) is 19.6 Å². The molecule has 4 heteroatoms. The van der Waals surface area contributed by atoms with E-state index in [1.165, 1.54) is 12.1 Å². The number of halogens is 1. The summed E-state index contributed by atoms with van der Waals surface area (Å²) in [7, 11) is 1.64. The Bertz CT molecular complexity index is 584. The van der Waals surface area contributed by atoms with E-state index in [0.717, 1.165) is 5.56 Å². The molecule has 0 saturated heterocycles. The fraction of sp³-hybridized carbons (Fsp3) is 0.250. The zero-order valence-electron chi connectivity index (χ0n) is 11.6. The molecule has 0 aromatic heterocycles. The Hall–Kier alpha value is -1.91. The molecule has 0 bridgehead atoms. The molecule has 1 atom stereocenters. The van der Waals surface area contributed by atoms with Crippen molar-refractivity contribution in [2.24, 2.45) is 5.73 Å². The molecule has 0 unspecified atom stereocenters. The molecule has 20 heavy (non-hydrogen) atoms. The summed E-state index contributed by atoms with van der Waals surface area (Å²) in [6.07, 6.45) is 0. The van der Waals surface area contributed by atoms with Crippen LogP contribution in [0, 0.1) is 5.82 Å². The molecule has 0 spiro atoms. The van der Waals surface area contributed by atoms with Gasteiger partial charge in [0.2, 0.25) is 0 Å². The Balaban J connectivity index is 2.27. The Labute approximate surface area is 118 Å². The summed E-state index contributed by atoms with van der Waals surface area (Å²) in [5.41, 5.74) is 7.50. The van der Waals surface area contributed by atoms with E-state index in [1.54, 1.807) is 20.1 Å². The summed E-state index contributed by atoms with van der Waals surface area (Å²) in [6, 6.07) is 11.6. The number of methoxy groups -OCH3 is 1. The smallest absolute Gasteiger partial charge is 0.132 e. The van der Waals surface area contributed by atoms with Crippen molar-refractivity contribution in [1.29, 1.82) is 0 Å². The lowest BCUT2D eigenvalue weighted by Gasteiger charge is -2.14. The Morgan fingerprint density at radius 3 is 2.70 bits per heavy atom. The highest BCUT2D eigenvalue weighted by atomic mass is 19.1. The average molecular weight is 275 g/mol. The first-order valence-electron chi connectivity index (χ1n) is 6.41. The van der Waals surface area contributed by atoms with Gasteiger partial charge in [0.1, 0.15) is 17.3 Å². The normalized spacial score (nSPS) is 12.2. The second kappa shape index (κ2) is 6.50. The van der Waals surface area contributed by atoms with Crippen molar-refractivity contribution in [1.82, 2.24) is 0 Å². The number of nitrogens with two attached hydrogens (primary N) is 1. The van der Waals surface area contributed by atoms with Crippen molar-refractivity contribution in [3.05, 3.63) is 59.4 Å². The van der Waals surface area contributed by atoms with Crippen LogP contribution in [0.1, 0.15) is 24.1 Å². The molecule has 0 aliphatic carbocycles. The van der Waals surface area contributed by atoms with Crippen molar-refractivity contribution in [2.75, 3.05) is 7.11 Å². The minimum absolute atomic E-state index is 0.303. The topological polar surface area (TPSA) is 44.5 Å². The highest BCUT2D eigenvalue weighted by Gasteiger charge is 2.10. The Kier molecular flexibility index (Phi) is 4.71. The van der Waals surface area contributed by atoms with Crippen LogP contribution in [0.25, 0.3) is 0 Å². The molecule has 0 aliphatic rings. The van der Waals surface area contributed by atoms with Crippen molar-refractivity contribution < 1.29 is 13.9 Å². The largest absolute Gasteiger partial charge is 0.457 e. The van der Waals surface area contributed by atoms with Crippen LogP contribution < -0.4 is 10.5 Å². The van der Waals surface area contributed by atoms with E-state index in [-0.39, 0.29) is 11.9 Å². The monoisotopic (exact) mass is 275 g/mol. The maximum absolute atomic E-state index is 13.3. The fourth-order valence-corrected chi connectivity index (χ4v) is 1.96. The number of ether oxygens (including phenoxy) is 2. The van der Waals surface area contributed by atoms with Crippen molar-refractivity contribution in [3.63, 3.8) is 0 Å². The average Bonchev–Trinajstić information content (AvgIpc) is 2.41. The quantitative estimate of drug-likeness (QED) is 0.903. The number of hydrogen-bond acceptors (Lipinski definition) is 3. The van der Waals surface area contributed by atoms with Crippen LogP contribution in [0.5, 0.6) is 11.5 Å². The molecule has 0 radical (unpaired) electrons. The molecule has 0 aliphatic heterocycles. The van der Waals surface area contributed by atoms with Crippen LogP contribution >= 0.6 is 0 Å². The third-order valence-electron chi connectivity index (χ3n) is 2.90. The summed E-state index contributed by atoms with van der Waals surface area (Å²) < 4.78 is 24.2. The fourth-order valence-electron chi connectivity index (χ4n) is 1.96. The molecular formula is C16H18FNO2. The van der Waals surface area contributed by atoms with E-state index in [0.29, 0.717) is 23.7 Å². The van der Waals surface area contributed by atoms with E-state index in [2.05, 4.69) is 0 Å². The molecule has 2 rings (SSSR count). The SMILES string of the molecule is COCc1cccc(Oc2ccc(F)cc2[C@H](C)N)c1. The first-order chi connectivity index (χ1) is 9.60. The van der Waals surface area contributed by atoms with Crippen LogP contribution in [0.2, 0.25) is 0 Å².